The van der Waals surface area contributed by atoms with Gasteiger partial charge in [0, 0.05) is 18.5 Å². The lowest BCUT2D eigenvalue weighted by Crippen LogP contribution is -2.38. The first kappa shape index (κ1) is 13.6. The largest absolute Gasteiger partial charge is 0.458 e. The van der Waals surface area contributed by atoms with Crippen molar-refractivity contribution in [3.8, 4) is 0 Å². The van der Waals surface area contributed by atoms with Crippen molar-refractivity contribution in [2.24, 2.45) is 5.92 Å². The molecule has 2 bridgehead atoms. The molecule has 2 aliphatic rings. The van der Waals surface area contributed by atoms with Gasteiger partial charge in [0.1, 0.15) is 6.10 Å². The number of carbonyl (C=O) groups is 1. The molecular formula is C17H23NO2. The maximum Gasteiger partial charge on any atom is 0.306 e. The van der Waals surface area contributed by atoms with Crippen molar-refractivity contribution in [3.63, 3.8) is 0 Å². The second kappa shape index (κ2) is 5.96. The van der Waals surface area contributed by atoms with Gasteiger partial charge in [-0.15, -0.1) is 0 Å². The summed E-state index contributed by atoms with van der Waals surface area (Å²) in [7, 11) is 0. The van der Waals surface area contributed by atoms with Crippen molar-refractivity contribution < 1.29 is 9.53 Å². The lowest BCUT2D eigenvalue weighted by Gasteiger charge is -2.28. The molecule has 2 saturated heterocycles. The molecule has 3 nitrogen and oxygen atoms in total. The van der Waals surface area contributed by atoms with Gasteiger partial charge in [0.05, 0.1) is 0 Å². The third-order valence-corrected chi connectivity index (χ3v) is 4.60. The fourth-order valence-electron chi connectivity index (χ4n) is 3.61. The highest BCUT2D eigenvalue weighted by Gasteiger charge is 2.34. The van der Waals surface area contributed by atoms with E-state index in [2.05, 4.69) is 5.32 Å². The molecule has 1 aromatic rings. The van der Waals surface area contributed by atoms with Crippen LogP contribution >= 0.6 is 0 Å². The van der Waals surface area contributed by atoms with E-state index in [0.29, 0.717) is 24.4 Å². The minimum Gasteiger partial charge on any atom is -0.458 e. The number of rotatable bonds is 4. The first-order chi connectivity index (χ1) is 9.70. The molecule has 3 atom stereocenters. The normalized spacial score (nSPS) is 29.9. The van der Waals surface area contributed by atoms with Gasteiger partial charge in [-0.2, -0.15) is 0 Å². The zero-order valence-corrected chi connectivity index (χ0v) is 12.0. The molecule has 0 aromatic heterocycles. The smallest absolute Gasteiger partial charge is 0.306 e. The highest BCUT2D eigenvalue weighted by Crippen LogP contribution is 2.33. The molecule has 3 rings (SSSR count). The molecule has 0 radical (unpaired) electrons. The van der Waals surface area contributed by atoms with Crippen LogP contribution in [0.5, 0.6) is 0 Å². The average Bonchev–Trinajstić information content (AvgIpc) is 2.78. The Bertz CT molecular complexity index is 447. The molecule has 3 heteroatoms. The minimum atomic E-state index is -0.151. The van der Waals surface area contributed by atoms with E-state index in [9.17, 15) is 4.79 Å². The number of hydrogen-bond donors (Lipinski definition) is 1. The molecule has 0 spiro atoms. The quantitative estimate of drug-likeness (QED) is 0.856. The van der Waals surface area contributed by atoms with Gasteiger partial charge in [-0.1, -0.05) is 30.3 Å². The lowest BCUT2D eigenvalue weighted by atomic mass is 9.90. The first-order valence-electron chi connectivity index (χ1n) is 7.71. The Balaban J connectivity index is 1.50. The summed E-state index contributed by atoms with van der Waals surface area (Å²) >= 11 is 0. The van der Waals surface area contributed by atoms with Crippen molar-refractivity contribution in [3.05, 3.63) is 35.9 Å². The number of carbonyl (C=O) groups excluding carboxylic acids is 1. The van der Waals surface area contributed by atoms with Crippen molar-refractivity contribution in [2.75, 3.05) is 0 Å². The zero-order valence-electron chi connectivity index (χ0n) is 12.0. The number of ether oxygens (including phenoxy) is 1. The first-order valence-corrected chi connectivity index (χ1v) is 7.71. The van der Waals surface area contributed by atoms with E-state index < -0.39 is 0 Å². The Morgan fingerprint density at radius 1 is 1.25 bits per heavy atom. The van der Waals surface area contributed by atoms with Crippen LogP contribution in [0.1, 0.15) is 50.7 Å². The summed E-state index contributed by atoms with van der Waals surface area (Å²) in [6.07, 6.45) is 5.23. The molecule has 0 amide bonds. The van der Waals surface area contributed by atoms with Gasteiger partial charge in [-0.05, 0) is 44.1 Å². The Labute approximate surface area is 120 Å². The van der Waals surface area contributed by atoms with E-state index in [1.54, 1.807) is 0 Å². The Morgan fingerprint density at radius 2 is 1.90 bits per heavy atom. The van der Waals surface area contributed by atoms with Gasteiger partial charge in [0.25, 0.3) is 0 Å². The molecule has 0 aliphatic carbocycles. The van der Waals surface area contributed by atoms with Crippen LogP contribution in [-0.4, -0.2) is 18.1 Å². The molecule has 20 heavy (non-hydrogen) atoms. The highest BCUT2D eigenvalue weighted by atomic mass is 16.5. The number of esters is 1. The molecule has 1 aromatic carbocycles. The Hall–Kier alpha value is -1.35. The van der Waals surface area contributed by atoms with Gasteiger partial charge in [-0.25, -0.2) is 0 Å². The highest BCUT2D eigenvalue weighted by molar-refractivity contribution is 5.70. The van der Waals surface area contributed by atoms with Gasteiger partial charge < -0.3 is 10.1 Å². The van der Waals surface area contributed by atoms with E-state index in [1.165, 1.54) is 12.8 Å². The van der Waals surface area contributed by atoms with E-state index in [-0.39, 0.29) is 12.1 Å². The number of fused-ring (bicyclic) bond motifs is 2. The summed E-state index contributed by atoms with van der Waals surface area (Å²) in [6, 6.07) is 11.2. The van der Waals surface area contributed by atoms with Crippen LogP contribution < -0.4 is 5.32 Å². The van der Waals surface area contributed by atoms with Gasteiger partial charge in [-0.3, -0.25) is 4.79 Å². The average molecular weight is 273 g/mol. The van der Waals surface area contributed by atoms with Crippen LogP contribution in [0.3, 0.4) is 0 Å². The number of hydrogen-bond acceptors (Lipinski definition) is 3. The third kappa shape index (κ3) is 3.21. The standard InChI is InChI=1S/C17H23NO2/c1-12(14-5-3-2-4-6-14)20-17(19)11-13-9-15-7-8-16(10-13)18-15/h2-6,12-13,15-16,18H,7-11H2,1H3. The summed E-state index contributed by atoms with van der Waals surface area (Å²) in [6.45, 7) is 1.94. The molecule has 2 aliphatic heterocycles. The summed E-state index contributed by atoms with van der Waals surface area (Å²) in [5.74, 6) is 0.455. The van der Waals surface area contributed by atoms with Crippen LogP contribution in [0, 0.1) is 5.92 Å². The van der Waals surface area contributed by atoms with Crippen LogP contribution in [0.2, 0.25) is 0 Å². The molecule has 3 unspecified atom stereocenters. The van der Waals surface area contributed by atoms with Crippen LogP contribution in [0.4, 0.5) is 0 Å². The fourth-order valence-corrected chi connectivity index (χ4v) is 3.61. The monoisotopic (exact) mass is 273 g/mol. The summed E-state index contributed by atoms with van der Waals surface area (Å²) in [5.41, 5.74) is 1.06. The SMILES string of the molecule is CC(OC(=O)CC1CC2CCC(C1)N2)c1ccccc1. The Kier molecular flexibility index (Phi) is 4.06. The maximum absolute atomic E-state index is 12.1. The Morgan fingerprint density at radius 3 is 2.55 bits per heavy atom. The molecule has 2 heterocycles. The summed E-state index contributed by atoms with van der Waals surface area (Å²) in [4.78, 5) is 12.1. The van der Waals surface area contributed by atoms with Gasteiger partial charge in [0.15, 0.2) is 0 Å². The van der Waals surface area contributed by atoms with E-state index in [0.717, 1.165) is 18.4 Å². The van der Waals surface area contributed by atoms with Crippen LogP contribution in [0.15, 0.2) is 30.3 Å². The predicted octanol–water partition coefficient (Wildman–Crippen LogP) is 3.21. The minimum absolute atomic E-state index is 0.0485. The van der Waals surface area contributed by atoms with Crippen molar-refractivity contribution >= 4 is 5.97 Å². The predicted molar refractivity (Wildman–Crippen MR) is 78.2 cm³/mol. The van der Waals surface area contributed by atoms with Crippen molar-refractivity contribution in [1.82, 2.24) is 5.32 Å². The maximum atomic E-state index is 12.1. The summed E-state index contributed by atoms with van der Waals surface area (Å²) < 4.78 is 5.57. The van der Waals surface area contributed by atoms with Crippen molar-refractivity contribution in [2.45, 2.75) is 57.2 Å². The lowest BCUT2D eigenvalue weighted by molar-refractivity contribution is -0.150. The number of piperidine rings is 1. The van der Waals surface area contributed by atoms with Crippen LogP contribution in [0.25, 0.3) is 0 Å². The van der Waals surface area contributed by atoms with Gasteiger partial charge >= 0.3 is 5.97 Å². The van der Waals surface area contributed by atoms with Gasteiger partial charge in [0.2, 0.25) is 0 Å². The summed E-state index contributed by atoms with van der Waals surface area (Å²) in [5, 5.41) is 3.61. The van der Waals surface area contributed by atoms with E-state index >= 15 is 0 Å². The number of benzene rings is 1. The van der Waals surface area contributed by atoms with E-state index in [1.807, 2.05) is 37.3 Å². The third-order valence-electron chi connectivity index (χ3n) is 4.60. The molecule has 108 valence electrons. The second-order valence-electron chi connectivity index (χ2n) is 6.22. The zero-order chi connectivity index (χ0) is 13.9. The topological polar surface area (TPSA) is 38.3 Å². The fraction of sp³-hybridized carbons (Fsp3) is 0.588. The molecule has 0 saturated carbocycles. The van der Waals surface area contributed by atoms with E-state index in [4.69, 9.17) is 4.74 Å². The second-order valence-corrected chi connectivity index (χ2v) is 6.22. The molecule has 2 fully saturated rings. The van der Waals surface area contributed by atoms with Crippen molar-refractivity contribution in [1.29, 1.82) is 0 Å². The molecule has 1 N–H and O–H groups in total. The number of nitrogens with one attached hydrogen (secondary N) is 1. The van der Waals surface area contributed by atoms with Crippen LogP contribution in [-0.2, 0) is 9.53 Å². The molecular weight excluding hydrogens is 250 g/mol.